The number of hydrogen-bond acceptors (Lipinski definition) is 6. The molecule has 0 amide bonds. The molecule has 6 nitrogen and oxygen atoms in total. The first-order valence-corrected chi connectivity index (χ1v) is 7.88. The second-order valence-corrected chi connectivity index (χ2v) is 5.87. The summed E-state index contributed by atoms with van der Waals surface area (Å²) in [6.45, 7) is 1.55. The number of aromatic nitrogens is 2. The van der Waals surface area contributed by atoms with Crippen LogP contribution in [0.4, 0.5) is 23.0 Å². The molecular formula is C17H21N5O. The molecule has 0 saturated heterocycles. The van der Waals surface area contributed by atoms with Gasteiger partial charge in [-0.25, -0.2) is 9.97 Å². The number of anilines is 4. The van der Waals surface area contributed by atoms with Crippen LogP contribution in [0.1, 0.15) is 43.0 Å². The SMILES string of the molecule is CC(=O)c1ccc(Nc2ncnc(NC3CCCC3)c2N)cc1. The lowest BCUT2D eigenvalue weighted by Crippen LogP contribution is -2.17. The van der Waals surface area contributed by atoms with Gasteiger partial charge in [-0.1, -0.05) is 12.8 Å². The second kappa shape index (κ2) is 6.64. The van der Waals surface area contributed by atoms with Crippen molar-refractivity contribution in [2.45, 2.75) is 38.6 Å². The molecule has 0 bridgehead atoms. The van der Waals surface area contributed by atoms with Gasteiger partial charge in [-0.05, 0) is 44.0 Å². The maximum atomic E-state index is 11.3. The summed E-state index contributed by atoms with van der Waals surface area (Å²) in [5.41, 5.74) is 8.19. The Hall–Kier alpha value is -2.63. The summed E-state index contributed by atoms with van der Waals surface area (Å²) < 4.78 is 0. The molecule has 1 aromatic heterocycles. The number of hydrogen-bond donors (Lipinski definition) is 3. The van der Waals surface area contributed by atoms with Crippen molar-refractivity contribution >= 4 is 28.8 Å². The molecule has 0 spiro atoms. The Balaban J connectivity index is 1.75. The molecule has 0 radical (unpaired) electrons. The first-order chi connectivity index (χ1) is 11.1. The molecule has 1 aliphatic rings. The summed E-state index contributed by atoms with van der Waals surface area (Å²) in [5, 5.41) is 6.57. The number of rotatable bonds is 5. The van der Waals surface area contributed by atoms with Gasteiger partial charge in [-0.2, -0.15) is 0 Å². The third-order valence-electron chi connectivity index (χ3n) is 4.13. The minimum atomic E-state index is 0.0427. The van der Waals surface area contributed by atoms with E-state index in [1.165, 1.54) is 19.2 Å². The fourth-order valence-corrected chi connectivity index (χ4v) is 2.80. The quantitative estimate of drug-likeness (QED) is 0.733. The zero-order valence-corrected chi connectivity index (χ0v) is 13.2. The van der Waals surface area contributed by atoms with E-state index in [2.05, 4.69) is 20.6 Å². The molecule has 0 atom stereocenters. The lowest BCUT2D eigenvalue weighted by atomic mass is 10.1. The Morgan fingerprint density at radius 2 is 1.78 bits per heavy atom. The highest BCUT2D eigenvalue weighted by Gasteiger charge is 2.17. The van der Waals surface area contributed by atoms with Gasteiger partial charge >= 0.3 is 0 Å². The molecule has 1 aliphatic carbocycles. The van der Waals surface area contributed by atoms with Gasteiger partial charge in [-0.3, -0.25) is 4.79 Å². The lowest BCUT2D eigenvalue weighted by molar-refractivity contribution is 0.101. The summed E-state index contributed by atoms with van der Waals surface area (Å²) in [7, 11) is 0. The van der Waals surface area contributed by atoms with E-state index in [1.807, 2.05) is 12.1 Å². The zero-order valence-electron chi connectivity index (χ0n) is 13.2. The third kappa shape index (κ3) is 3.59. The normalized spacial score (nSPS) is 14.7. The molecule has 120 valence electrons. The molecular weight excluding hydrogens is 290 g/mol. The molecule has 4 N–H and O–H groups in total. The molecule has 0 unspecified atom stereocenters. The monoisotopic (exact) mass is 311 g/mol. The fraction of sp³-hybridized carbons (Fsp3) is 0.353. The number of nitrogen functional groups attached to an aromatic ring is 1. The van der Waals surface area contributed by atoms with Crippen LogP contribution in [-0.2, 0) is 0 Å². The van der Waals surface area contributed by atoms with Crippen molar-refractivity contribution in [2.75, 3.05) is 16.4 Å². The topological polar surface area (TPSA) is 92.9 Å². The number of nitrogens with two attached hydrogens (primary N) is 1. The summed E-state index contributed by atoms with van der Waals surface area (Å²) in [6.07, 6.45) is 6.30. The predicted octanol–water partition coefficient (Wildman–Crippen LogP) is 3.36. The van der Waals surface area contributed by atoms with E-state index in [4.69, 9.17) is 5.73 Å². The van der Waals surface area contributed by atoms with Gasteiger partial charge in [0.2, 0.25) is 0 Å². The first kappa shape index (κ1) is 15.3. The van der Waals surface area contributed by atoms with Crippen molar-refractivity contribution in [3.05, 3.63) is 36.2 Å². The first-order valence-electron chi connectivity index (χ1n) is 7.88. The molecule has 1 aromatic carbocycles. The highest BCUT2D eigenvalue weighted by atomic mass is 16.1. The van der Waals surface area contributed by atoms with Gasteiger partial charge in [0.15, 0.2) is 17.4 Å². The molecule has 6 heteroatoms. The van der Waals surface area contributed by atoms with Crippen molar-refractivity contribution in [1.29, 1.82) is 0 Å². The Kier molecular flexibility index (Phi) is 4.41. The predicted molar refractivity (Wildman–Crippen MR) is 92.1 cm³/mol. The smallest absolute Gasteiger partial charge is 0.159 e. The summed E-state index contributed by atoms with van der Waals surface area (Å²) >= 11 is 0. The van der Waals surface area contributed by atoms with E-state index in [1.54, 1.807) is 19.1 Å². The maximum Gasteiger partial charge on any atom is 0.159 e. The van der Waals surface area contributed by atoms with E-state index in [-0.39, 0.29) is 5.78 Å². The number of Topliss-reactive ketones (excluding diaryl/α,β-unsaturated/α-hetero) is 1. The molecule has 1 saturated carbocycles. The molecule has 0 aliphatic heterocycles. The van der Waals surface area contributed by atoms with Crippen LogP contribution in [0.3, 0.4) is 0 Å². The van der Waals surface area contributed by atoms with Gasteiger partial charge in [0.1, 0.15) is 12.0 Å². The van der Waals surface area contributed by atoms with Crippen molar-refractivity contribution in [1.82, 2.24) is 9.97 Å². The average Bonchev–Trinajstić information content (AvgIpc) is 3.05. The van der Waals surface area contributed by atoms with Crippen molar-refractivity contribution in [3.8, 4) is 0 Å². The largest absolute Gasteiger partial charge is 0.393 e. The number of nitrogens with one attached hydrogen (secondary N) is 2. The van der Waals surface area contributed by atoms with Crippen LogP contribution in [0.15, 0.2) is 30.6 Å². The Labute approximate surface area is 135 Å². The summed E-state index contributed by atoms with van der Waals surface area (Å²) in [6, 6.07) is 7.67. The van der Waals surface area contributed by atoms with Gasteiger partial charge in [0.05, 0.1) is 0 Å². The van der Waals surface area contributed by atoms with E-state index in [9.17, 15) is 4.79 Å². The molecule has 23 heavy (non-hydrogen) atoms. The van der Waals surface area contributed by atoms with Crippen LogP contribution in [0.5, 0.6) is 0 Å². The molecule has 3 rings (SSSR count). The molecule has 2 aromatic rings. The van der Waals surface area contributed by atoms with E-state index >= 15 is 0 Å². The third-order valence-corrected chi connectivity index (χ3v) is 4.13. The van der Waals surface area contributed by atoms with Crippen LogP contribution < -0.4 is 16.4 Å². The van der Waals surface area contributed by atoms with E-state index in [0.29, 0.717) is 28.9 Å². The minimum Gasteiger partial charge on any atom is -0.393 e. The fourth-order valence-electron chi connectivity index (χ4n) is 2.80. The summed E-state index contributed by atoms with van der Waals surface area (Å²) in [5.74, 6) is 1.28. The number of carbonyl (C=O) groups excluding carboxylic acids is 1. The molecule has 1 heterocycles. The van der Waals surface area contributed by atoms with Crippen molar-refractivity contribution in [3.63, 3.8) is 0 Å². The lowest BCUT2D eigenvalue weighted by Gasteiger charge is -2.16. The molecule has 1 fully saturated rings. The van der Waals surface area contributed by atoms with Crippen LogP contribution in [-0.4, -0.2) is 21.8 Å². The zero-order chi connectivity index (χ0) is 16.2. The maximum absolute atomic E-state index is 11.3. The Morgan fingerprint density at radius 1 is 1.13 bits per heavy atom. The average molecular weight is 311 g/mol. The van der Waals surface area contributed by atoms with Gasteiger partial charge < -0.3 is 16.4 Å². The Bertz CT molecular complexity index is 693. The van der Waals surface area contributed by atoms with Crippen LogP contribution in [0.25, 0.3) is 0 Å². The van der Waals surface area contributed by atoms with Crippen LogP contribution in [0, 0.1) is 0 Å². The van der Waals surface area contributed by atoms with Gasteiger partial charge in [0.25, 0.3) is 0 Å². The minimum absolute atomic E-state index is 0.0427. The van der Waals surface area contributed by atoms with Gasteiger partial charge in [0, 0.05) is 17.3 Å². The number of nitrogens with zero attached hydrogens (tertiary/aromatic N) is 2. The highest BCUT2D eigenvalue weighted by Crippen LogP contribution is 2.29. The van der Waals surface area contributed by atoms with Gasteiger partial charge in [-0.15, -0.1) is 0 Å². The van der Waals surface area contributed by atoms with Crippen molar-refractivity contribution in [2.24, 2.45) is 0 Å². The van der Waals surface area contributed by atoms with Crippen LogP contribution >= 0.6 is 0 Å². The number of benzene rings is 1. The van der Waals surface area contributed by atoms with Crippen molar-refractivity contribution < 1.29 is 4.79 Å². The summed E-state index contributed by atoms with van der Waals surface area (Å²) in [4.78, 5) is 19.8. The second-order valence-electron chi connectivity index (χ2n) is 5.87. The van der Waals surface area contributed by atoms with E-state index in [0.717, 1.165) is 18.5 Å². The Morgan fingerprint density at radius 3 is 2.43 bits per heavy atom. The van der Waals surface area contributed by atoms with E-state index < -0.39 is 0 Å². The highest BCUT2D eigenvalue weighted by molar-refractivity contribution is 5.94. The number of carbonyl (C=O) groups is 1. The number of ketones is 1. The standard InChI is InChI=1S/C17H21N5O/c1-11(23)12-6-8-14(9-7-12)22-17-15(18)16(19-10-20-17)21-13-4-2-3-5-13/h6-10,13H,2-5,18H2,1H3,(H2,19,20,21,22). The van der Waals surface area contributed by atoms with Crippen LogP contribution in [0.2, 0.25) is 0 Å².